The summed E-state index contributed by atoms with van der Waals surface area (Å²) in [5.41, 5.74) is 1.97. The Morgan fingerprint density at radius 2 is 1.76 bits per heavy atom. The van der Waals surface area contributed by atoms with Gasteiger partial charge in [-0.2, -0.15) is 0 Å². The lowest BCUT2D eigenvalue weighted by molar-refractivity contribution is -0.134. The largest absolute Gasteiger partial charge is 0.497 e. The molecule has 37 heavy (non-hydrogen) atoms. The molecule has 9 heteroatoms. The highest BCUT2D eigenvalue weighted by Gasteiger charge is 2.23. The van der Waals surface area contributed by atoms with Crippen molar-refractivity contribution in [2.24, 2.45) is 5.41 Å². The summed E-state index contributed by atoms with van der Waals surface area (Å²) in [5, 5.41) is 6.76. The fourth-order valence-electron chi connectivity index (χ4n) is 3.92. The zero-order chi connectivity index (χ0) is 26.4. The first-order valence-electron chi connectivity index (χ1n) is 12.2. The van der Waals surface area contributed by atoms with Crippen LogP contribution in [0.3, 0.4) is 0 Å². The Labute approximate surface area is 216 Å². The molecular weight excluding hydrogens is 474 g/mol. The van der Waals surface area contributed by atoms with Crippen LogP contribution >= 0.6 is 0 Å². The maximum Gasteiger partial charge on any atom is 0.273 e. The molecule has 1 aliphatic rings. The highest BCUT2D eigenvalue weighted by Crippen LogP contribution is 2.32. The fraction of sp³-hybridized carbons (Fsp3) is 0.393. The number of fused-ring (bicyclic) bond motifs is 1. The fourth-order valence-corrected chi connectivity index (χ4v) is 3.92. The van der Waals surface area contributed by atoms with E-state index < -0.39 is 0 Å². The van der Waals surface area contributed by atoms with E-state index in [4.69, 9.17) is 18.7 Å². The van der Waals surface area contributed by atoms with Crippen LogP contribution < -0.4 is 19.5 Å². The first-order chi connectivity index (χ1) is 17.7. The van der Waals surface area contributed by atoms with Crippen LogP contribution in [-0.4, -0.2) is 42.3 Å². The molecule has 1 aromatic heterocycles. The second-order valence-corrected chi connectivity index (χ2v) is 10.2. The van der Waals surface area contributed by atoms with Crippen LogP contribution in [0.1, 0.15) is 54.6 Å². The normalized spacial score (nSPS) is 12.3. The van der Waals surface area contributed by atoms with Crippen LogP contribution in [0.25, 0.3) is 0 Å². The van der Waals surface area contributed by atoms with Gasteiger partial charge in [-0.25, -0.2) is 0 Å². The highest BCUT2D eigenvalue weighted by atomic mass is 16.7. The van der Waals surface area contributed by atoms with Gasteiger partial charge in [0.15, 0.2) is 23.0 Å². The quantitative estimate of drug-likeness (QED) is 0.435. The minimum atomic E-state index is -0.363. The lowest BCUT2D eigenvalue weighted by atomic mass is 9.91. The summed E-state index contributed by atoms with van der Waals surface area (Å²) in [6.45, 7) is 7.33. The summed E-state index contributed by atoms with van der Waals surface area (Å²) in [6.07, 6.45) is 1.07. The van der Waals surface area contributed by atoms with Crippen molar-refractivity contribution in [2.75, 3.05) is 20.4 Å². The number of nitrogens with one attached hydrogen (secondary N) is 1. The Morgan fingerprint density at radius 1 is 1.03 bits per heavy atom. The summed E-state index contributed by atoms with van der Waals surface area (Å²) in [7, 11) is 1.63. The van der Waals surface area contributed by atoms with E-state index in [9.17, 15) is 9.59 Å². The minimum absolute atomic E-state index is 0.0196. The molecular formula is C28H33N3O6. The van der Waals surface area contributed by atoms with E-state index in [1.54, 1.807) is 18.1 Å². The molecule has 0 aliphatic carbocycles. The van der Waals surface area contributed by atoms with Crippen molar-refractivity contribution in [2.45, 2.75) is 46.7 Å². The van der Waals surface area contributed by atoms with E-state index in [1.165, 1.54) is 0 Å². The zero-order valence-corrected chi connectivity index (χ0v) is 21.7. The Hall–Kier alpha value is -4.01. The van der Waals surface area contributed by atoms with Crippen molar-refractivity contribution in [3.63, 3.8) is 0 Å². The number of benzene rings is 2. The number of rotatable bonds is 10. The topological polar surface area (TPSA) is 103 Å². The van der Waals surface area contributed by atoms with Gasteiger partial charge in [-0.1, -0.05) is 44.1 Å². The lowest BCUT2D eigenvalue weighted by Crippen LogP contribution is -2.34. The van der Waals surface area contributed by atoms with Gasteiger partial charge in [0, 0.05) is 25.6 Å². The van der Waals surface area contributed by atoms with Crippen molar-refractivity contribution in [3.8, 4) is 17.2 Å². The van der Waals surface area contributed by atoms with E-state index >= 15 is 0 Å². The van der Waals surface area contributed by atoms with Crippen LogP contribution in [0.5, 0.6) is 17.2 Å². The Balaban J connectivity index is 1.37. The summed E-state index contributed by atoms with van der Waals surface area (Å²) in [4.78, 5) is 27.5. The van der Waals surface area contributed by atoms with Crippen molar-refractivity contribution in [1.29, 1.82) is 0 Å². The van der Waals surface area contributed by atoms with Gasteiger partial charge in [0.1, 0.15) is 5.75 Å². The maximum atomic E-state index is 13.1. The Bertz CT molecular complexity index is 1230. The van der Waals surface area contributed by atoms with Crippen molar-refractivity contribution in [3.05, 3.63) is 71.1 Å². The van der Waals surface area contributed by atoms with Crippen molar-refractivity contribution >= 4 is 11.8 Å². The molecule has 1 N–H and O–H groups in total. The predicted molar refractivity (Wildman–Crippen MR) is 136 cm³/mol. The zero-order valence-electron chi connectivity index (χ0n) is 21.7. The van der Waals surface area contributed by atoms with Gasteiger partial charge < -0.3 is 29.0 Å². The van der Waals surface area contributed by atoms with E-state index in [-0.39, 0.29) is 36.3 Å². The number of amides is 2. The second kappa shape index (κ2) is 11.4. The van der Waals surface area contributed by atoms with Gasteiger partial charge in [-0.15, -0.1) is 0 Å². The van der Waals surface area contributed by atoms with Crippen LogP contribution in [-0.2, 0) is 24.3 Å². The molecule has 1 aliphatic heterocycles. The molecule has 0 saturated heterocycles. The molecule has 9 nitrogen and oxygen atoms in total. The first kappa shape index (κ1) is 26.1. The molecule has 2 amide bonds. The smallest absolute Gasteiger partial charge is 0.273 e. The van der Waals surface area contributed by atoms with Crippen LogP contribution in [0.4, 0.5) is 0 Å². The molecule has 0 fully saturated rings. The Morgan fingerprint density at radius 3 is 2.49 bits per heavy atom. The van der Waals surface area contributed by atoms with Gasteiger partial charge in [-0.05, 0) is 47.2 Å². The molecule has 0 radical (unpaired) electrons. The van der Waals surface area contributed by atoms with Gasteiger partial charge in [0.25, 0.3) is 5.91 Å². The summed E-state index contributed by atoms with van der Waals surface area (Å²) in [5.74, 6) is 2.24. The van der Waals surface area contributed by atoms with Gasteiger partial charge in [0.05, 0.1) is 13.7 Å². The number of carbonyl (C=O) groups is 2. The SMILES string of the molecule is COc1ccc(CCN(Cc2cc(C(=O)NCc3ccc4c(c3)OCO4)no2)C(=O)CC(C)(C)C)cc1. The van der Waals surface area contributed by atoms with E-state index in [0.29, 0.717) is 43.2 Å². The van der Waals surface area contributed by atoms with Gasteiger partial charge >= 0.3 is 0 Å². The van der Waals surface area contributed by atoms with Crippen molar-refractivity contribution in [1.82, 2.24) is 15.4 Å². The Kier molecular flexibility index (Phi) is 8.01. The molecule has 2 heterocycles. The second-order valence-electron chi connectivity index (χ2n) is 10.2. The summed E-state index contributed by atoms with van der Waals surface area (Å²) >= 11 is 0. The van der Waals surface area contributed by atoms with Crippen molar-refractivity contribution < 1.29 is 28.3 Å². The molecule has 196 valence electrons. The van der Waals surface area contributed by atoms with Crippen LogP contribution in [0.15, 0.2) is 53.1 Å². The average molecular weight is 508 g/mol. The van der Waals surface area contributed by atoms with Gasteiger partial charge in [-0.3, -0.25) is 9.59 Å². The van der Waals surface area contributed by atoms with Crippen LogP contribution in [0.2, 0.25) is 0 Å². The van der Waals surface area contributed by atoms with E-state index in [0.717, 1.165) is 16.9 Å². The molecule has 2 aromatic carbocycles. The number of ether oxygens (including phenoxy) is 3. The number of methoxy groups -OCH3 is 1. The average Bonchev–Trinajstić information content (AvgIpc) is 3.53. The number of nitrogens with zero attached hydrogens (tertiary/aromatic N) is 2. The minimum Gasteiger partial charge on any atom is -0.497 e. The number of hydrogen-bond donors (Lipinski definition) is 1. The van der Waals surface area contributed by atoms with Gasteiger partial charge in [0.2, 0.25) is 12.7 Å². The highest BCUT2D eigenvalue weighted by molar-refractivity contribution is 5.92. The van der Waals surface area contributed by atoms with E-state index in [2.05, 4.69) is 10.5 Å². The third-order valence-electron chi connectivity index (χ3n) is 5.89. The summed E-state index contributed by atoms with van der Waals surface area (Å²) < 4.78 is 21.3. The number of carbonyl (C=O) groups excluding carboxylic acids is 2. The molecule has 4 rings (SSSR count). The maximum absolute atomic E-state index is 13.1. The first-order valence-corrected chi connectivity index (χ1v) is 12.2. The molecule has 0 spiro atoms. The molecule has 0 bridgehead atoms. The molecule has 0 atom stereocenters. The van der Waals surface area contributed by atoms with Crippen LogP contribution in [0, 0.1) is 5.41 Å². The molecule has 0 saturated carbocycles. The third kappa shape index (κ3) is 7.25. The third-order valence-corrected chi connectivity index (χ3v) is 5.89. The van der Waals surface area contributed by atoms with E-state index in [1.807, 2.05) is 63.2 Å². The number of hydrogen-bond acceptors (Lipinski definition) is 7. The summed E-state index contributed by atoms with van der Waals surface area (Å²) in [6, 6.07) is 14.9. The molecule has 0 unspecified atom stereocenters. The monoisotopic (exact) mass is 507 g/mol. The number of aromatic nitrogens is 1. The standard InChI is InChI=1S/C28H33N3O6/c1-28(2,3)15-26(32)31(12-11-19-5-8-21(34-4)9-6-19)17-22-14-23(30-37-22)27(33)29-16-20-7-10-24-25(13-20)36-18-35-24/h5-10,13-14H,11-12,15-18H2,1-4H3,(H,29,33). The predicted octanol–water partition coefficient (Wildman–Crippen LogP) is 4.35. The molecule has 3 aromatic rings. The lowest BCUT2D eigenvalue weighted by Gasteiger charge is -2.26.